The third kappa shape index (κ3) is 2.58. The maximum Gasteiger partial charge on any atom is 0.0226 e. The van der Waals surface area contributed by atoms with Gasteiger partial charge in [-0.05, 0) is 43.7 Å². The second kappa shape index (κ2) is 4.87. The van der Waals surface area contributed by atoms with Gasteiger partial charge in [-0.3, -0.25) is 0 Å². The summed E-state index contributed by atoms with van der Waals surface area (Å²) in [5.41, 5.74) is 9.12. The molecule has 2 heteroatoms. The van der Waals surface area contributed by atoms with Gasteiger partial charge in [0.25, 0.3) is 0 Å². The Hall–Kier alpha value is -0.730. The predicted octanol–water partition coefficient (Wildman–Crippen LogP) is 3.53. The largest absolute Gasteiger partial charge is 0.324 e. The molecule has 0 spiro atoms. The molecule has 0 bridgehead atoms. The highest BCUT2D eigenvalue weighted by molar-refractivity contribution is 8.00. The van der Waals surface area contributed by atoms with Gasteiger partial charge in [0.1, 0.15) is 0 Å². The summed E-state index contributed by atoms with van der Waals surface area (Å²) in [7, 11) is 0. The lowest BCUT2D eigenvalue weighted by molar-refractivity contribution is 0.605. The van der Waals surface area contributed by atoms with Crippen molar-refractivity contribution in [2.24, 2.45) is 5.73 Å². The Morgan fingerprint density at radius 1 is 1.29 bits per heavy atom. The molecule has 1 aliphatic heterocycles. The molecule has 1 heterocycles. The van der Waals surface area contributed by atoms with Crippen LogP contribution in [0.5, 0.6) is 0 Å². The molecule has 0 radical (unpaired) electrons. The zero-order valence-corrected chi connectivity index (χ0v) is 10.9. The molecule has 1 nitrogen and oxygen atoms in total. The van der Waals surface area contributed by atoms with Crippen LogP contribution in [-0.4, -0.2) is 11.3 Å². The summed E-state index contributed by atoms with van der Waals surface area (Å²) in [5.74, 6) is 0. The second-order valence-corrected chi connectivity index (χ2v) is 6.48. The first-order valence-corrected chi connectivity index (χ1v) is 7.39. The Bertz CT molecular complexity index is 413. The van der Waals surface area contributed by atoms with Gasteiger partial charge in [0.05, 0.1) is 0 Å². The van der Waals surface area contributed by atoms with Gasteiger partial charge in [0.2, 0.25) is 0 Å². The van der Waals surface area contributed by atoms with E-state index in [9.17, 15) is 0 Å². The Labute approximate surface area is 107 Å². The van der Waals surface area contributed by atoms with Crippen molar-refractivity contribution in [3.63, 3.8) is 0 Å². The average Bonchev–Trinajstić information content (AvgIpc) is 2.71. The van der Waals surface area contributed by atoms with E-state index in [1.54, 1.807) is 5.57 Å². The first kappa shape index (κ1) is 11.4. The van der Waals surface area contributed by atoms with Crippen molar-refractivity contribution in [1.82, 2.24) is 0 Å². The first-order chi connectivity index (χ1) is 8.31. The van der Waals surface area contributed by atoms with Gasteiger partial charge in [-0.25, -0.2) is 0 Å². The van der Waals surface area contributed by atoms with E-state index in [0.29, 0.717) is 6.04 Å². The summed E-state index contributed by atoms with van der Waals surface area (Å²) in [6.45, 7) is 0. The van der Waals surface area contributed by atoms with Crippen LogP contribution in [0.3, 0.4) is 0 Å². The third-order valence-electron chi connectivity index (χ3n) is 3.69. The van der Waals surface area contributed by atoms with Crippen molar-refractivity contribution in [1.29, 1.82) is 0 Å². The van der Waals surface area contributed by atoms with Crippen LogP contribution < -0.4 is 5.73 Å². The predicted molar refractivity (Wildman–Crippen MR) is 74.3 cm³/mol. The fourth-order valence-corrected chi connectivity index (χ4v) is 4.24. The second-order valence-electron chi connectivity index (χ2n) is 5.14. The smallest absolute Gasteiger partial charge is 0.0226 e. The van der Waals surface area contributed by atoms with E-state index in [4.69, 9.17) is 5.73 Å². The average molecular weight is 245 g/mol. The summed E-state index contributed by atoms with van der Waals surface area (Å²) in [6, 6.07) is 9.12. The van der Waals surface area contributed by atoms with E-state index in [1.807, 2.05) is 11.8 Å². The monoisotopic (exact) mass is 245 g/mol. The van der Waals surface area contributed by atoms with Crippen molar-refractivity contribution >= 4 is 11.8 Å². The standard InChI is InChI=1S/C15H19NS/c16-13-6-3-4-11(8-13)9-14-10-12-5-1-2-7-15(12)17-14/h1-2,5,7-8,13-14H,3-4,6,9-10,16H2. The number of nitrogens with two attached hydrogens (primary N) is 1. The van der Waals surface area contributed by atoms with Crippen LogP contribution in [0.15, 0.2) is 40.8 Å². The maximum absolute atomic E-state index is 6.00. The zero-order valence-electron chi connectivity index (χ0n) is 10.1. The molecule has 3 rings (SSSR count). The van der Waals surface area contributed by atoms with Gasteiger partial charge < -0.3 is 5.73 Å². The quantitative estimate of drug-likeness (QED) is 0.807. The molecule has 1 aromatic rings. The van der Waals surface area contributed by atoms with E-state index in [2.05, 4.69) is 30.3 Å². The fourth-order valence-electron chi connectivity index (χ4n) is 2.86. The number of thioether (sulfide) groups is 1. The van der Waals surface area contributed by atoms with E-state index in [0.717, 1.165) is 5.25 Å². The van der Waals surface area contributed by atoms with Crippen LogP contribution in [0.25, 0.3) is 0 Å². The van der Waals surface area contributed by atoms with E-state index >= 15 is 0 Å². The van der Waals surface area contributed by atoms with Crippen molar-refractivity contribution < 1.29 is 0 Å². The molecule has 1 aliphatic carbocycles. The lowest BCUT2D eigenvalue weighted by atomic mass is 9.92. The molecule has 2 aliphatic rings. The minimum absolute atomic E-state index is 0.313. The third-order valence-corrected chi connectivity index (χ3v) is 5.01. The summed E-state index contributed by atoms with van der Waals surface area (Å²) in [6.07, 6.45) is 8.48. The Balaban J connectivity index is 1.66. The number of benzene rings is 1. The Morgan fingerprint density at radius 2 is 2.18 bits per heavy atom. The number of hydrogen-bond donors (Lipinski definition) is 1. The van der Waals surface area contributed by atoms with Crippen molar-refractivity contribution in [2.75, 3.05) is 0 Å². The fraction of sp³-hybridized carbons (Fsp3) is 0.467. The van der Waals surface area contributed by atoms with Gasteiger partial charge in [-0.2, -0.15) is 0 Å². The molecular formula is C15H19NS. The summed E-state index contributed by atoms with van der Waals surface area (Å²) in [4.78, 5) is 1.48. The van der Waals surface area contributed by atoms with Gasteiger partial charge in [0.15, 0.2) is 0 Å². The molecule has 0 saturated carbocycles. The molecule has 0 amide bonds. The lowest BCUT2D eigenvalue weighted by Crippen LogP contribution is -2.21. The number of rotatable bonds is 2. The molecular weight excluding hydrogens is 226 g/mol. The number of allylic oxidation sites excluding steroid dienone is 1. The van der Waals surface area contributed by atoms with Crippen molar-refractivity contribution in [2.45, 2.75) is 48.3 Å². The summed E-state index contributed by atoms with van der Waals surface area (Å²) < 4.78 is 0. The minimum atomic E-state index is 0.313. The molecule has 90 valence electrons. The van der Waals surface area contributed by atoms with Crippen LogP contribution in [-0.2, 0) is 6.42 Å². The van der Waals surface area contributed by atoms with Gasteiger partial charge in [0, 0.05) is 16.2 Å². The normalized spacial score (nSPS) is 27.7. The maximum atomic E-state index is 6.00. The highest BCUT2D eigenvalue weighted by Crippen LogP contribution is 2.40. The molecule has 0 aromatic heterocycles. The lowest BCUT2D eigenvalue weighted by Gasteiger charge is -2.19. The molecule has 0 fully saturated rings. The number of hydrogen-bond acceptors (Lipinski definition) is 2. The highest BCUT2D eigenvalue weighted by Gasteiger charge is 2.23. The summed E-state index contributed by atoms with van der Waals surface area (Å²) >= 11 is 2.05. The Kier molecular flexibility index (Phi) is 3.26. The van der Waals surface area contributed by atoms with Gasteiger partial charge in [-0.1, -0.05) is 29.8 Å². The van der Waals surface area contributed by atoms with Gasteiger partial charge in [-0.15, -0.1) is 11.8 Å². The molecule has 2 unspecified atom stereocenters. The van der Waals surface area contributed by atoms with Crippen LogP contribution >= 0.6 is 11.8 Å². The van der Waals surface area contributed by atoms with Crippen LogP contribution in [0.1, 0.15) is 31.2 Å². The van der Waals surface area contributed by atoms with E-state index in [-0.39, 0.29) is 0 Å². The van der Waals surface area contributed by atoms with Crippen LogP contribution in [0.4, 0.5) is 0 Å². The van der Waals surface area contributed by atoms with Crippen molar-refractivity contribution in [3.8, 4) is 0 Å². The SMILES string of the molecule is NC1C=C(CC2Cc3ccccc3S2)CCC1. The topological polar surface area (TPSA) is 26.0 Å². The van der Waals surface area contributed by atoms with E-state index < -0.39 is 0 Å². The molecule has 2 atom stereocenters. The Morgan fingerprint density at radius 3 is 3.00 bits per heavy atom. The van der Waals surface area contributed by atoms with Crippen molar-refractivity contribution in [3.05, 3.63) is 41.5 Å². The van der Waals surface area contributed by atoms with Crippen LogP contribution in [0, 0.1) is 0 Å². The van der Waals surface area contributed by atoms with Gasteiger partial charge >= 0.3 is 0 Å². The van der Waals surface area contributed by atoms with Crippen LogP contribution in [0.2, 0.25) is 0 Å². The molecule has 0 saturated heterocycles. The summed E-state index contributed by atoms with van der Waals surface area (Å²) in [5, 5.41) is 0.740. The zero-order chi connectivity index (χ0) is 11.7. The molecule has 1 aromatic carbocycles. The minimum Gasteiger partial charge on any atom is -0.324 e. The first-order valence-electron chi connectivity index (χ1n) is 6.51. The molecule has 2 N–H and O–H groups in total. The van der Waals surface area contributed by atoms with E-state index in [1.165, 1.54) is 42.6 Å². The highest BCUT2D eigenvalue weighted by atomic mass is 32.2. The molecule has 17 heavy (non-hydrogen) atoms. The number of fused-ring (bicyclic) bond motifs is 1.